The van der Waals surface area contributed by atoms with E-state index in [-0.39, 0.29) is 0 Å². The Bertz CT molecular complexity index is 464. The largest absolute Gasteiger partial charge is 0.673 e. The molecular weight excluding hydrogens is 649 g/mol. The standard InChI is InChI=1S/C24H52N.4BF4/c1-5-9-13-17-21-25(22-18-14-10-6-2,23-19-15-11-7-3)24-20-16-12-8-4;4*2-1(3,4)5/h5-24H2,1-4H3;;;;/q+1;4*-1. The van der Waals surface area contributed by atoms with E-state index in [2.05, 4.69) is 27.7 Å². The van der Waals surface area contributed by atoms with Gasteiger partial charge in [-0.2, -0.15) is 0 Å². The number of nitrogens with zero attached hydrogens (tertiary/aromatic N) is 1. The first-order valence-electron chi connectivity index (χ1n) is 15.6. The fraction of sp³-hybridized carbons (Fsp3) is 1.00. The predicted molar refractivity (Wildman–Crippen MR) is 157 cm³/mol. The molecule has 0 unspecified atom stereocenters. The Morgan fingerprint density at radius 3 is 0.511 bits per heavy atom. The first kappa shape index (κ1) is 53.6. The van der Waals surface area contributed by atoms with Gasteiger partial charge in [-0.05, 0) is 51.4 Å². The second-order valence-corrected chi connectivity index (χ2v) is 10.5. The van der Waals surface area contributed by atoms with Crippen LogP contribution in [0.3, 0.4) is 0 Å². The highest BCUT2D eigenvalue weighted by molar-refractivity contribution is 6.50. The third-order valence-corrected chi connectivity index (χ3v) is 5.94. The molecule has 0 atom stereocenters. The van der Waals surface area contributed by atoms with E-state index >= 15 is 0 Å². The van der Waals surface area contributed by atoms with Crippen molar-refractivity contribution in [1.82, 2.24) is 0 Å². The van der Waals surface area contributed by atoms with Crippen molar-refractivity contribution in [2.24, 2.45) is 0 Å². The summed E-state index contributed by atoms with van der Waals surface area (Å²) in [5.41, 5.74) is 0. The molecule has 0 aliphatic heterocycles. The number of hydrogen-bond acceptors (Lipinski definition) is 0. The van der Waals surface area contributed by atoms with Crippen LogP contribution in [-0.2, 0) is 0 Å². The van der Waals surface area contributed by atoms with Crippen LogP contribution in [0.5, 0.6) is 0 Å². The van der Waals surface area contributed by atoms with Crippen molar-refractivity contribution < 1.29 is 73.5 Å². The lowest BCUT2D eigenvalue weighted by atomic mass is 10.1. The van der Waals surface area contributed by atoms with Gasteiger partial charge in [0, 0.05) is 0 Å². The lowest BCUT2D eigenvalue weighted by molar-refractivity contribution is -0.929. The molecular formula is C24H52B4F16N-3. The summed E-state index contributed by atoms with van der Waals surface area (Å²) in [6.07, 6.45) is 22.8. The molecule has 0 spiro atoms. The van der Waals surface area contributed by atoms with E-state index in [1.54, 1.807) is 0 Å². The first-order valence-corrected chi connectivity index (χ1v) is 15.6. The molecule has 0 saturated carbocycles. The number of halogens is 16. The van der Waals surface area contributed by atoms with E-state index in [1.807, 2.05) is 0 Å². The van der Waals surface area contributed by atoms with E-state index in [9.17, 15) is 69.1 Å². The van der Waals surface area contributed by atoms with Gasteiger partial charge in [0.25, 0.3) is 0 Å². The van der Waals surface area contributed by atoms with Crippen molar-refractivity contribution >= 4 is 29.0 Å². The molecule has 0 rings (SSSR count). The minimum absolute atomic E-state index is 1.36. The van der Waals surface area contributed by atoms with E-state index in [1.165, 1.54) is 133 Å². The fourth-order valence-corrected chi connectivity index (χ4v) is 4.17. The Labute approximate surface area is 259 Å². The molecule has 0 aliphatic carbocycles. The van der Waals surface area contributed by atoms with Gasteiger partial charge in [0.15, 0.2) is 0 Å². The van der Waals surface area contributed by atoms with Gasteiger partial charge in [0.2, 0.25) is 0 Å². The minimum Gasteiger partial charge on any atom is -0.418 e. The van der Waals surface area contributed by atoms with Gasteiger partial charge in [-0.1, -0.05) is 79.1 Å². The molecule has 0 N–H and O–H groups in total. The van der Waals surface area contributed by atoms with Crippen LogP contribution < -0.4 is 0 Å². The molecule has 45 heavy (non-hydrogen) atoms. The predicted octanol–water partition coefficient (Wildman–Crippen LogP) is 13.3. The van der Waals surface area contributed by atoms with Crippen LogP contribution >= 0.6 is 0 Å². The number of unbranched alkanes of at least 4 members (excludes halogenated alkanes) is 12. The summed E-state index contributed by atoms with van der Waals surface area (Å²) in [5.74, 6) is 0. The third-order valence-electron chi connectivity index (χ3n) is 5.94. The zero-order valence-electron chi connectivity index (χ0n) is 26.9. The molecule has 0 saturated heterocycles. The van der Waals surface area contributed by atoms with Crippen molar-refractivity contribution in [3.05, 3.63) is 0 Å². The van der Waals surface area contributed by atoms with Crippen molar-refractivity contribution in [2.45, 2.75) is 130 Å². The Balaban J connectivity index is -0.000000213. The summed E-state index contributed by atoms with van der Waals surface area (Å²) in [7, 11) is -24.0. The number of hydrogen-bond donors (Lipinski definition) is 0. The zero-order valence-corrected chi connectivity index (χ0v) is 26.9. The van der Waals surface area contributed by atoms with Gasteiger partial charge in [-0.25, -0.2) is 0 Å². The fourth-order valence-electron chi connectivity index (χ4n) is 4.17. The van der Waals surface area contributed by atoms with Gasteiger partial charge >= 0.3 is 29.0 Å². The highest BCUT2D eigenvalue weighted by Crippen LogP contribution is 2.19. The average molecular weight is 702 g/mol. The Morgan fingerprint density at radius 1 is 0.267 bits per heavy atom. The normalized spacial score (nSPS) is 12.0. The Hall–Kier alpha value is -0.900. The molecule has 21 heteroatoms. The highest BCUT2D eigenvalue weighted by atomic mass is 19.5. The van der Waals surface area contributed by atoms with Gasteiger partial charge in [0.05, 0.1) is 26.2 Å². The Morgan fingerprint density at radius 2 is 0.400 bits per heavy atom. The van der Waals surface area contributed by atoms with Gasteiger partial charge in [0.1, 0.15) is 0 Å². The second kappa shape index (κ2) is 31.7. The molecule has 0 radical (unpaired) electrons. The van der Waals surface area contributed by atoms with Gasteiger partial charge in [-0.3, -0.25) is 0 Å². The summed E-state index contributed by atoms with van der Waals surface area (Å²) in [6.45, 7) is 15.2. The van der Waals surface area contributed by atoms with E-state index in [0.717, 1.165) is 0 Å². The summed E-state index contributed by atoms with van der Waals surface area (Å²) in [5, 5.41) is 0. The van der Waals surface area contributed by atoms with Crippen LogP contribution in [0.15, 0.2) is 0 Å². The molecule has 0 aromatic rings. The van der Waals surface area contributed by atoms with Crippen LogP contribution in [0.4, 0.5) is 69.1 Å². The molecule has 0 heterocycles. The molecule has 0 fully saturated rings. The zero-order chi connectivity index (χ0) is 36.6. The SMILES string of the molecule is CCCCCC[N+](CCCCCC)(CCCCCC)CCCCCC.F[B-](F)(F)F.F[B-](F)(F)F.F[B-](F)(F)F.F[B-](F)(F)F. The summed E-state index contributed by atoms with van der Waals surface area (Å²) in [4.78, 5) is 0. The molecule has 0 aromatic heterocycles. The molecule has 0 aromatic carbocycles. The molecule has 280 valence electrons. The quantitative estimate of drug-likeness (QED) is 0.0513. The van der Waals surface area contributed by atoms with Crippen molar-refractivity contribution in [1.29, 1.82) is 0 Å². The summed E-state index contributed by atoms with van der Waals surface area (Å²) < 4.78 is 157. The van der Waals surface area contributed by atoms with Crippen molar-refractivity contribution in [3.8, 4) is 0 Å². The van der Waals surface area contributed by atoms with Crippen LogP contribution in [0.1, 0.15) is 130 Å². The van der Waals surface area contributed by atoms with Crippen LogP contribution in [0, 0.1) is 0 Å². The average Bonchev–Trinajstić information content (AvgIpc) is 2.81. The topological polar surface area (TPSA) is 0 Å². The molecule has 0 amide bonds. The van der Waals surface area contributed by atoms with E-state index in [0.29, 0.717) is 0 Å². The first-order chi connectivity index (χ1) is 20.2. The van der Waals surface area contributed by atoms with Crippen molar-refractivity contribution in [2.75, 3.05) is 26.2 Å². The maximum Gasteiger partial charge on any atom is 0.673 e. The van der Waals surface area contributed by atoms with Gasteiger partial charge in [-0.15, -0.1) is 0 Å². The number of quaternary nitrogens is 1. The highest BCUT2D eigenvalue weighted by Gasteiger charge is 2.26. The second-order valence-electron chi connectivity index (χ2n) is 10.5. The molecule has 0 bridgehead atoms. The summed E-state index contributed by atoms with van der Waals surface area (Å²) in [6, 6.07) is 0. The maximum atomic E-state index is 9.75. The minimum atomic E-state index is -6.00. The van der Waals surface area contributed by atoms with E-state index < -0.39 is 29.0 Å². The maximum absolute atomic E-state index is 9.75. The van der Waals surface area contributed by atoms with Gasteiger partial charge < -0.3 is 73.5 Å². The lowest BCUT2D eigenvalue weighted by Crippen LogP contribution is -2.50. The van der Waals surface area contributed by atoms with Crippen LogP contribution in [-0.4, -0.2) is 59.7 Å². The smallest absolute Gasteiger partial charge is 0.418 e. The van der Waals surface area contributed by atoms with Crippen LogP contribution in [0.25, 0.3) is 0 Å². The monoisotopic (exact) mass is 702 g/mol. The third kappa shape index (κ3) is 99.1. The molecule has 0 aliphatic rings. The number of rotatable bonds is 20. The Kier molecular flexibility index (Phi) is 37.7. The molecule has 1 nitrogen and oxygen atoms in total. The summed E-state index contributed by atoms with van der Waals surface area (Å²) >= 11 is 0. The van der Waals surface area contributed by atoms with Crippen LogP contribution in [0.2, 0.25) is 0 Å². The van der Waals surface area contributed by atoms with Crippen molar-refractivity contribution in [3.63, 3.8) is 0 Å². The van der Waals surface area contributed by atoms with E-state index in [4.69, 9.17) is 0 Å². The lowest BCUT2D eigenvalue weighted by Gasteiger charge is -2.39.